The SMILES string of the molecule is C=Cc1c(F)ccc(C)c1F. The van der Waals surface area contributed by atoms with Crippen LogP contribution in [0.4, 0.5) is 8.78 Å². The molecule has 1 aromatic rings. The minimum absolute atomic E-state index is 0.0509. The van der Waals surface area contributed by atoms with Gasteiger partial charge in [0.15, 0.2) is 0 Å². The topological polar surface area (TPSA) is 0 Å². The molecule has 1 rings (SSSR count). The van der Waals surface area contributed by atoms with Crippen LogP contribution in [0.25, 0.3) is 6.08 Å². The van der Waals surface area contributed by atoms with Crippen molar-refractivity contribution >= 4 is 6.08 Å². The Labute approximate surface area is 64.2 Å². The first-order valence-electron chi connectivity index (χ1n) is 3.24. The smallest absolute Gasteiger partial charge is 0.136 e. The number of hydrogen-bond acceptors (Lipinski definition) is 0. The fourth-order valence-corrected chi connectivity index (χ4v) is 0.865. The molecular weight excluding hydrogens is 146 g/mol. The zero-order valence-electron chi connectivity index (χ0n) is 6.20. The molecule has 0 radical (unpaired) electrons. The third-order valence-electron chi connectivity index (χ3n) is 1.52. The van der Waals surface area contributed by atoms with Crippen molar-refractivity contribution in [2.24, 2.45) is 0 Å². The lowest BCUT2D eigenvalue weighted by Crippen LogP contribution is -1.91. The Morgan fingerprint density at radius 3 is 2.45 bits per heavy atom. The van der Waals surface area contributed by atoms with Crippen LogP contribution >= 0.6 is 0 Å². The van der Waals surface area contributed by atoms with Crippen molar-refractivity contribution in [1.82, 2.24) is 0 Å². The maximum absolute atomic E-state index is 13.0. The first kappa shape index (κ1) is 7.92. The molecule has 1 aromatic carbocycles. The second-order valence-electron chi connectivity index (χ2n) is 2.30. The van der Waals surface area contributed by atoms with Gasteiger partial charge in [0.25, 0.3) is 0 Å². The quantitative estimate of drug-likeness (QED) is 0.583. The summed E-state index contributed by atoms with van der Waals surface area (Å²) in [5, 5.41) is 0. The van der Waals surface area contributed by atoms with E-state index in [4.69, 9.17) is 0 Å². The first-order chi connectivity index (χ1) is 5.16. The van der Waals surface area contributed by atoms with Crippen LogP contribution in [-0.4, -0.2) is 0 Å². The van der Waals surface area contributed by atoms with Crippen molar-refractivity contribution in [2.75, 3.05) is 0 Å². The molecule has 0 unspecified atom stereocenters. The van der Waals surface area contributed by atoms with Gasteiger partial charge in [-0.3, -0.25) is 0 Å². The highest BCUT2D eigenvalue weighted by molar-refractivity contribution is 5.50. The van der Waals surface area contributed by atoms with E-state index in [-0.39, 0.29) is 5.56 Å². The Hall–Kier alpha value is -1.18. The normalized spacial score (nSPS) is 9.73. The Bertz CT molecular complexity index is 290. The van der Waals surface area contributed by atoms with Gasteiger partial charge < -0.3 is 0 Å². The van der Waals surface area contributed by atoms with Crippen LogP contribution in [0.3, 0.4) is 0 Å². The highest BCUT2D eigenvalue weighted by Gasteiger charge is 2.06. The average Bonchev–Trinajstić information content (AvgIpc) is 1.99. The molecule has 58 valence electrons. The predicted octanol–water partition coefficient (Wildman–Crippen LogP) is 2.92. The van der Waals surface area contributed by atoms with Crippen molar-refractivity contribution in [3.63, 3.8) is 0 Å². The van der Waals surface area contributed by atoms with E-state index in [9.17, 15) is 8.78 Å². The van der Waals surface area contributed by atoms with Crippen LogP contribution in [-0.2, 0) is 0 Å². The van der Waals surface area contributed by atoms with Crippen LogP contribution < -0.4 is 0 Å². The molecule has 0 amide bonds. The minimum Gasteiger partial charge on any atom is -0.206 e. The lowest BCUT2D eigenvalue weighted by atomic mass is 10.1. The molecule has 0 fully saturated rings. The van der Waals surface area contributed by atoms with Gasteiger partial charge in [-0.05, 0) is 18.6 Å². The maximum Gasteiger partial charge on any atom is 0.136 e. The van der Waals surface area contributed by atoms with Crippen LogP contribution in [0.2, 0.25) is 0 Å². The van der Waals surface area contributed by atoms with Gasteiger partial charge >= 0.3 is 0 Å². The standard InChI is InChI=1S/C9H8F2/c1-3-7-8(10)5-4-6(2)9(7)11/h3-5H,1H2,2H3. The molecule has 0 aliphatic heterocycles. The summed E-state index contributed by atoms with van der Waals surface area (Å²) in [6, 6.07) is 2.63. The molecule has 0 saturated carbocycles. The summed E-state index contributed by atoms with van der Waals surface area (Å²) in [7, 11) is 0. The Morgan fingerprint density at radius 2 is 2.00 bits per heavy atom. The van der Waals surface area contributed by atoms with E-state index < -0.39 is 11.6 Å². The third kappa shape index (κ3) is 1.29. The third-order valence-corrected chi connectivity index (χ3v) is 1.52. The summed E-state index contributed by atoms with van der Waals surface area (Å²) >= 11 is 0. The van der Waals surface area contributed by atoms with Crippen molar-refractivity contribution in [1.29, 1.82) is 0 Å². The monoisotopic (exact) mass is 154 g/mol. The summed E-state index contributed by atoms with van der Waals surface area (Å²) in [6.45, 7) is 4.90. The molecule has 0 aliphatic carbocycles. The molecule has 11 heavy (non-hydrogen) atoms. The van der Waals surface area contributed by atoms with Crippen LogP contribution in [0, 0.1) is 18.6 Å². The zero-order valence-corrected chi connectivity index (χ0v) is 6.20. The summed E-state index contributed by atoms with van der Waals surface area (Å²) in [5.41, 5.74) is 0.381. The second kappa shape index (κ2) is 2.82. The van der Waals surface area contributed by atoms with Crippen molar-refractivity contribution in [3.05, 3.63) is 41.5 Å². The predicted molar refractivity (Wildman–Crippen MR) is 41.2 cm³/mol. The number of rotatable bonds is 1. The van der Waals surface area contributed by atoms with Gasteiger partial charge in [-0.25, -0.2) is 8.78 Å². The summed E-state index contributed by atoms with van der Waals surface area (Å²) in [4.78, 5) is 0. The summed E-state index contributed by atoms with van der Waals surface area (Å²) in [6.07, 6.45) is 1.18. The molecule has 0 nitrogen and oxygen atoms in total. The fraction of sp³-hybridized carbons (Fsp3) is 0.111. The van der Waals surface area contributed by atoms with Gasteiger partial charge in [-0.2, -0.15) is 0 Å². The number of aryl methyl sites for hydroxylation is 1. The molecule has 0 N–H and O–H groups in total. The van der Waals surface area contributed by atoms with E-state index in [1.807, 2.05) is 0 Å². The summed E-state index contributed by atoms with van der Waals surface area (Å²) < 4.78 is 25.7. The highest BCUT2D eigenvalue weighted by atomic mass is 19.1. The van der Waals surface area contributed by atoms with Gasteiger partial charge in [-0.15, -0.1) is 0 Å². The second-order valence-corrected chi connectivity index (χ2v) is 2.30. The van der Waals surface area contributed by atoms with Crippen LogP contribution in [0.5, 0.6) is 0 Å². The molecule has 0 aromatic heterocycles. The van der Waals surface area contributed by atoms with Gasteiger partial charge in [-0.1, -0.05) is 18.7 Å². The first-order valence-corrected chi connectivity index (χ1v) is 3.24. The minimum atomic E-state index is -0.567. The molecular formula is C9H8F2. The van der Waals surface area contributed by atoms with Gasteiger partial charge in [0.05, 0.1) is 0 Å². The summed E-state index contributed by atoms with van der Waals surface area (Å²) in [5.74, 6) is -1.09. The van der Waals surface area contributed by atoms with Gasteiger partial charge in [0.1, 0.15) is 11.6 Å². The van der Waals surface area contributed by atoms with E-state index in [0.29, 0.717) is 5.56 Å². The van der Waals surface area contributed by atoms with Gasteiger partial charge in [0.2, 0.25) is 0 Å². The Morgan fingerprint density at radius 1 is 1.36 bits per heavy atom. The number of hydrogen-bond donors (Lipinski definition) is 0. The van der Waals surface area contributed by atoms with Crippen molar-refractivity contribution in [2.45, 2.75) is 6.92 Å². The van der Waals surface area contributed by atoms with Crippen molar-refractivity contribution in [3.8, 4) is 0 Å². The van der Waals surface area contributed by atoms with E-state index in [2.05, 4.69) is 6.58 Å². The molecule has 0 aliphatic rings. The number of benzene rings is 1. The fourth-order valence-electron chi connectivity index (χ4n) is 0.865. The van der Waals surface area contributed by atoms with Crippen LogP contribution in [0.15, 0.2) is 18.7 Å². The van der Waals surface area contributed by atoms with Crippen molar-refractivity contribution < 1.29 is 8.78 Å². The van der Waals surface area contributed by atoms with E-state index in [1.165, 1.54) is 18.2 Å². The Kier molecular flexibility index (Phi) is 2.03. The number of halogens is 2. The van der Waals surface area contributed by atoms with E-state index in [1.54, 1.807) is 6.92 Å². The molecule has 0 atom stereocenters. The largest absolute Gasteiger partial charge is 0.206 e. The highest BCUT2D eigenvalue weighted by Crippen LogP contribution is 2.16. The lowest BCUT2D eigenvalue weighted by Gasteiger charge is -2.00. The molecule has 0 heterocycles. The molecule has 0 bridgehead atoms. The lowest BCUT2D eigenvalue weighted by molar-refractivity contribution is 0.573. The maximum atomic E-state index is 13.0. The average molecular weight is 154 g/mol. The molecule has 0 spiro atoms. The molecule has 2 heteroatoms. The van der Waals surface area contributed by atoms with E-state index >= 15 is 0 Å². The van der Waals surface area contributed by atoms with Crippen LogP contribution in [0.1, 0.15) is 11.1 Å². The molecule has 0 saturated heterocycles. The zero-order chi connectivity index (χ0) is 8.43. The van der Waals surface area contributed by atoms with E-state index in [0.717, 1.165) is 0 Å². The Balaban J connectivity index is 3.40. The van der Waals surface area contributed by atoms with Gasteiger partial charge in [0, 0.05) is 5.56 Å².